The van der Waals surface area contributed by atoms with Gasteiger partial charge >= 0.3 is 12.1 Å². The Labute approximate surface area is 154 Å². The third-order valence-corrected chi connectivity index (χ3v) is 5.03. The lowest BCUT2D eigenvalue weighted by atomic mass is 9.97. The number of nitrogens with zero attached hydrogens (tertiary/aromatic N) is 2. The molecule has 0 aromatic heterocycles. The number of likely N-dealkylation sites (tertiary alicyclic amines) is 1. The highest BCUT2D eigenvalue weighted by Crippen LogP contribution is 2.24. The van der Waals surface area contributed by atoms with Gasteiger partial charge in [0.15, 0.2) is 0 Å². The van der Waals surface area contributed by atoms with Crippen molar-refractivity contribution in [1.29, 1.82) is 0 Å². The van der Waals surface area contributed by atoms with Crippen molar-refractivity contribution in [3.8, 4) is 0 Å². The summed E-state index contributed by atoms with van der Waals surface area (Å²) in [4.78, 5) is 27.9. The van der Waals surface area contributed by atoms with Crippen LogP contribution in [-0.2, 0) is 20.8 Å². The van der Waals surface area contributed by atoms with Gasteiger partial charge in [-0.15, -0.1) is 0 Å². The molecule has 1 amide bonds. The predicted octanol–water partition coefficient (Wildman–Crippen LogP) is 1.75. The lowest BCUT2D eigenvalue weighted by Crippen LogP contribution is -2.41. The van der Waals surface area contributed by atoms with Crippen molar-refractivity contribution < 1.29 is 19.1 Å². The molecule has 0 bridgehead atoms. The van der Waals surface area contributed by atoms with Gasteiger partial charge in [0.25, 0.3) is 0 Å². The molecule has 142 valence electrons. The van der Waals surface area contributed by atoms with Gasteiger partial charge in [-0.25, -0.2) is 4.79 Å². The molecule has 2 heterocycles. The molecule has 7 nitrogen and oxygen atoms in total. The second-order valence-electron chi connectivity index (χ2n) is 6.81. The smallest absolute Gasteiger partial charge is 0.414 e. The molecule has 2 saturated heterocycles. The highest BCUT2D eigenvalue weighted by atomic mass is 16.6. The van der Waals surface area contributed by atoms with Crippen molar-refractivity contribution in [3.63, 3.8) is 0 Å². The fourth-order valence-electron chi connectivity index (χ4n) is 3.54. The lowest BCUT2D eigenvalue weighted by molar-refractivity contribution is -0.149. The first-order chi connectivity index (χ1) is 12.6. The number of piperidine rings is 1. The Morgan fingerprint density at radius 2 is 1.96 bits per heavy atom. The molecule has 0 aliphatic carbocycles. The van der Waals surface area contributed by atoms with E-state index >= 15 is 0 Å². The number of carbonyl (C=O) groups is 2. The summed E-state index contributed by atoms with van der Waals surface area (Å²) in [5.41, 5.74) is 7.47. The van der Waals surface area contributed by atoms with E-state index in [1.807, 2.05) is 31.2 Å². The summed E-state index contributed by atoms with van der Waals surface area (Å²) in [6, 6.07) is 7.65. The first-order valence-corrected chi connectivity index (χ1v) is 9.26. The number of amides is 1. The van der Waals surface area contributed by atoms with Crippen LogP contribution in [0.1, 0.15) is 25.3 Å². The number of hydrogen-bond donors (Lipinski definition) is 1. The van der Waals surface area contributed by atoms with Crippen LogP contribution >= 0.6 is 0 Å². The third-order valence-electron chi connectivity index (χ3n) is 5.03. The summed E-state index contributed by atoms with van der Waals surface area (Å²) in [5.74, 6) is -0.0959. The van der Waals surface area contributed by atoms with Crippen LogP contribution in [-0.4, -0.2) is 55.9 Å². The second kappa shape index (κ2) is 8.51. The van der Waals surface area contributed by atoms with Crippen LogP contribution in [0.3, 0.4) is 0 Å². The number of benzene rings is 1. The maximum atomic E-state index is 12.2. The van der Waals surface area contributed by atoms with E-state index in [1.165, 1.54) is 0 Å². The van der Waals surface area contributed by atoms with Gasteiger partial charge in [-0.05, 0) is 50.6 Å². The number of nitrogens with two attached hydrogens (primary N) is 1. The van der Waals surface area contributed by atoms with E-state index in [2.05, 4.69) is 4.90 Å². The van der Waals surface area contributed by atoms with Crippen molar-refractivity contribution in [2.24, 2.45) is 11.7 Å². The number of ether oxygens (including phenoxy) is 2. The maximum absolute atomic E-state index is 12.2. The molecule has 0 radical (unpaired) electrons. The summed E-state index contributed by atoms with van der Waals surface area (Å²) < 4.78 is 10.6. The SMILES string of the molecule is CCOC(=O)C1CCN(C[C@H]2CN(c3ccc(CN)cc3)C(=O)O2)CC1. The molecule has 2 N–H and O–H groups in total. The van der Waals surface area contributed by atoms with Gasteiger partial charge < -0.3 is 15.2 Å². The topological polar surface area (TPSA) is 85.1 Å². The minimum Gasteiger partial charge on any atom is -0.466 e. The van der Waals surface area contributed by atoms with Crippen molar-refractivity contribution in [2.75, 3.05) is 37.7 Å². The minimum atomic E-state index is -0.308. The van der Waals surface area contributed by atoms with Gasteiger partial charge in [0.1, 0.15) is 6.10 Å². The zero-order chi connectivity index (χ0) is 18.5. The van der Waals surface area contributed by atoms with Gasteiger partial charge in [-0.3, -0.25) is 14.6 Å². The Hall–Kier alpha value is -2.12. The first kappa shape index (κ1) is 18.7. The number of anilines is 1. The van der Waals surface area contributed by atoms with Gasteiger partial charge in [0, 0.05) is 18.8 Å². The molecule has 7 heteroatoms. The zero-order valence-electron chi connectivity index (χ0n) is 15.2. The fourth-order valence-corrected chi connectivity index (χ4v) is 3.54. The van der Waals surface area contributed by atoms with Gasteiger partial charge in [0.05, 0.1) is 19.1 Å². The Bertz CT molecular complexity index is 626. The highest BCUT2D eigenvalue weighted by molar-refractivity contribution is 5.89. The number of rotatable bonds is 6. The van der Waals surface area contributed by atoms with Crippen molar-refractivity contribution >= 4 is 17.7 Å². The third kappa shape index (κ3) is 4.34. The average Bonchev–Trinajstić information content (AvgIpc) is 3.02. The van der Waals surface area contributed by atoms with Crippen molar-refractivity contribution in [3.05, 3.63) is 29.8 Å². The zero-order valence-corrected chi connectivity index (χ0v) is 15.2. The van der Waals surface area contributed by atoms with Crippen LogP contribution < -0.4 is 10.6 Å². The summed E-state index contributed by atoms with van der Waals surface area (Å²) in [7, 11) is 0. The summed E-state index contributed by atoms with van der Waals surface area (Å²) in [5, 5.41) is 0. The fraction of sp³-hybridized carbons (Fsp3) is 0.579. The van der Waals surface area contributed by atoms with Crippen LogP contribution in [0.4, 0.5) is 10.5 Å². The van der Waals surface area contributed by atoms with Gasteiger partial charge in [-0.2, -0.15) is 0 Å². The Balaban J connectivity index is 1.49. The van der Waals surface area contributed by atoms with E-state index in [0.29, 0.717) is 26.2 Å². The molecule has 0 spiro atoms. The summed E-state index contributed by atoms with van der Waals surface area (Å²) in [6.07, 6.45) is 1.13. The molecule has 2 fully saturated rings. The highest BCUT2D eigenvalue weighted by Gasteiger charge is 2.35. The molecule has 0 unspecified atom stereocenters. The Kier molecular flexibility index (Phi) is 6.11. The minimum absolute atomic E-state index is 0.00473. The van der Waals surface area contributed by atoms with Crippen LogP contribution in [0.25, 0.3) is 0 Å². The molecular formula is C19H27N3O4. The standard InChI is InChI=1S/C19H27N3O4/c1-2-25-18(23)15-7-9-21(10-8-15)12-17-13-22(19(24)26-17)16-5-3-14(11-20)4-6-16/h3-6,15,17H,2,7-13,20H2,1H3/t17-/m0/s1. The van der Waals surface area contributed by atoms with E-state index in [4.69, 9.17) is 15.2 Å². The monoisotopic (exact) mass is 361 g/mol. The van der Waals surface area contributed by atoms with E-state index in [0.717, 1.165) is 37.2 Å². The molecule has 2 aliphatic heterocycles. The van der Waals surface area contributed by atoms with Crippen LogP contribution in [0, 0.1) is 5.92 Å². The Morgan fingerprint density at radius 3 is 2.58 bits per heavy atom. The van der Waals surface area contributed by atoms with Crippen molar-refractivity contribution in [1.82, 2.24) is 4.90 Å². The number of esters is 1. The van der Waals surface area contributed by atoms with Crippen LogP contribution in [0.5, 0.6) is 0 Å². The molecule has 3 rings (SSSR count). The van der Waals surface area contributed by atoms with Crippen molar-refractivity contribution in [2.45, 2.75) is 32.4 Å². The normalized spacial score (nSPS) is 21.7. The van der Waals surface area contributed by atoms with E-state index in [9.17, 15) is 9.59 Å². The molecule has 1 atom stereocenters. The number of cyclic esters (lactones) is 1. The first-order valence-electron chi connectivity index (χ1n) is 9.26. The van der Waals surface area contributed by atoms with E-state index < -0.39 is 0 Å². The molecule has 26 heavy (non-hydrogen) atoms. The summed E-state index contributed by atoms with van der Waals surface area (Å²) in [6.45, 7) is 5.62. The molecule has 0 saturated carbocycles. The van der Waals surface area contributed by atoms with Gasteiger partial charge in [-0.1, -0.05) is 12.1 Å². The second-order valence-corrected chi connectivity index (χ2v) is 6.81. The van der Waals surface area contributed by atoms with Crippen LogP contribution in [0.15, 0.2) is 24.3 Å². The molecule has 2 aliphatic rings. The predicted molar refractivity (Wildman–Crippen MR) is 97.7 cm³/mol. The summed E-state index contributed by atoms with van der Waals surface area (Å²) >= 11 is 0. The van der Waals surface area contributed by atoms with Gasteiger partial charge in [0.2, 0.25) is 0 Å². The quantitative estimate of drug-likeness (QED) is 0.777. The lowest BCUT2D eigenvalue weighted by Gasteiger charge is -2.31. The number of carbonyl (C=O) groups excluding carboxylic acids is 2. The van der Waals surface area contributed by atoms with E-state index in [-0.39, 0.29) is 24.1 Å². The molecule has 1 aromatic rings. The Morgan fingerprint density at radius 1 is 1.27 bits per heavy atom. The van der Waals surface area contributed by atoms with Crippen LogP contribution in [0.2, 0.25) is 0 Å². The molecule has 1 aromatic carbocycles. The molecular weight excluding hydrogens is 334 g/mol. The van der Waals surface area contributed by atoms with E-state index in [1.54, 1.807) is 4.90 Å². The maximum Gasteiger partial charge on any atom is 0.414 e. The number of hydrogen-bond acceptors (Lipinski definition) is 6. The average molecular weight is 361 g/mol. The largest absolute Gasteiger partial charge is 0.466 e.